The number of nitriles is 1. The van der Waals surface area contributed by atoms with Gasteiger partial charge in [-0.3, -0.25) is 0 Å². The summed E-state index contributed by atoms with van der Waals surface area (Å²) < 4.78 is 8.04. The molecule has 3 rings (SSSR count). The van der Waals surface area contributed by atoms with Gasteiger partial charge in [-0.15, -0.1) is 0 Å². The molecule has 4 nitrogen and oxygen atoms in total. The van der Waals surface area contributed by atoms with Crippen molar-refractivity contribution < 1.29 is 4.74 Å². The van der Waals surface area contributed by atoms with Crippen LogP contribution in [0.4, 0.5) is 0 Å². The molecule has 0 N–H and O–H groups in total. The number of ether oxygens (including phenoxy) is 1. The fraction of sp³-hybridized carbons (Fsp3) is 0.500. The number of fused-ring (bicyclic) bond motifs is 1. The minimum absolute atomic E-state index is 0.154. The van der Waals surface area contributed by atoms with Crippen LogP contribution in [-0.4, -0.2) is 21.8 Å². The highest BCUT2D eigenvalue weighted by Crippen LogP contribution is 2.40. The maximum absolute atomic E-state index is 9.22. The summed E-state index contributed by atoms with van der Waals surface area (Å²) >= 11 is 0. The molecule has 4 atom stereocenters. The number of benzene rings is 1. The van der Waals surface area contributed by atoms with Crippen LogP contribution in [0.5, 0.6) is 0 Å². The first kappa shape index (κ1) is 13.1. The average molecular weight is 269 g/mol. The molecule has 0 bridgehead atoms. The van der Waals surface area contributed by atoms with Gasteiger partial charge in [-0.05, 0) is 31.9 Å². The smallest absolute Gasteiger partial charge is 0.115 e. The van der Waals surface area contributed by atoms with Crippen molar-refractivity contribution in [3.63, 3.8) is 0 Å². The summed E-state index contributed by atoms with van der Waals surface area (Å²) in [5, 5.41) is 9.22. The van der Waals surface area contributed by atoms with Crippen LogP contribution in [0.15, 0.2) is 18.2 Å². The predicted molar refractivity (Wildman–Crippen MR) is 77.3 cm³/mol. The van der Waals surface area contributed by atoms with Crippen molar-refractivity contribution in [2.45, 2.75) is 38.9 Å². The van der Waals surface area contributed by atoms with Gasteiger partial charge >= 0.3 is 0 Å². The van der Waals surface area contributed by atoms with Crippen molar-refractivity contribution in [1.29, 1.82) is 5.26 Å². The van der Waals surface area contributed by atoms with Crippen LogP contribution in [0.2, 0.25) is 0 Å². The summed E-state index contributed by atoms with van der Waals surface area (Å²) in [4.78, 5) is 4.76. The van der Waals surface area contributed by atoms with E-state index in [9.17, 15) is 5.26 Å². The van der Waals surface area contributed by atoms with Crippen molar-refractivity contribution in [3.8, 4) is 6.07 Å². The standard InChI is InChI=1S/C16H19N3O/c1-9-10(2)20-11(3)14(9)16-18-15-12(8-17)6-5-7-13(15)19(16)4/h5-7,9-11,14H,1-4H3. The zero-order chi connectivity index (χ0) is 14.4. The normalized spacial score (nSPS) is 29.8. The quantitative estimate of drug-likeness (QED) is 0.799. The first-order valence-electron chi connectivity index (χ1n) is 7.05. The van der Waals surface area contributed by atoms with E-state index in [0.29, 0.717) is 11.5 Å². The lowest BCUT2D eigenvalue weighted by atomic mass is 9.89. The topological polar surface area (TPSA) is 50.8 Å². The molecule has 0 aliphatic carbocycles. The monoisotopic (exact) mass is 269 g/mol. The number of hydrogen-bond donors (Lipinski definition) is 0. The molecule has 1 aromatic heterocycles. The third-order valence-electron chi connectivity index (χ3n) is 4.61. The zero-order valence-electron chi connectivity index (χ0n) is 12.3. The Morgan fingerprint density at radius 1 is 1.25 bits per heavy atom. The Hall–Kier alpha value is -1.86. The van der Waals surface area contributed by atoms with Crippen molar-refractivity contribution in [1.82, 2.24) is 9.55 Å². The Bertz CT molecular complexity index is 698. The molecular weight excluding hydrogens is 250 g/mol. The van der Waals surface area contributed by atoms with Gasteiger partial charge in [0.05, 0.1) is 23.3 Å². The van der Waals surface area contributed by atoms with Crippen LogP contribution in [-0.2, 0) is 11.8 Å². The molecule has 2 aromatic rings. The summed E-state index contributed by atoms with van der Waals surface area (Å²) in [5.41, 5.74) is 2.45. The number of imidazole rings is 1. The first-order valence-corrected chi connectivity index (χ1v) is 7.05. The first-order chi connectivity index (χ1) is 9.54. The second-order valence-corrected chi connectivity index (χ2v) is 5.75. The van der Waals surface area contributed by atoms with E-state index in [0.717, 1.165) is 16.9 Å². The van der Waals surface area contributed by atoms with Gasteiger partial charge in [0.1, 0.15) is 17.4 Å². The Morgan fingerprint density at radius 3 is 2.60 bits per heavy atom. The Morgan fingerprint density at radius 2 is 2.00 bits per heavy atom. The molecule has 0 saturated carbocycles. The van der Waals surface area contributed by atoms with E-state index in [4.69, 9.17) is 9.72 Å². The van der Waals surface area contributed by atoms with E-state index in [1.54, 1.807) is 0 Å². The minimum Gasteiger partial charge on any atom is -0.374 e. The van der Waals surface area contributed by atoms with E-state index in [-0.39, 0.29) is 18.1 Å². The lowest BCUT2D eigenvalue weighted by molar-refractivity contribution is 0.0552. The molecule has 4 heteroatoms. The third kappa shape index (κ3) is 1.74. The van der Waals surface area contributed by atoms with Gasteiger partial charge in [0, 0.05) is 13.0 Å². The van der Waals surface area contributed by atoms with Crippen LogP contribution in [0, 0.1) is 17.2 Å². The molecular formula is C16H19N3O. The molecule has 2 heterocycles. The van der Waals surface area contributed by atoms with E-state index >= 15 is 0 Å². The summed E-state index contributed by atoms with van der Waals surface area (Å²) in [6, 6.07) is 7.97. The largest absolute Gasteiger partial charge is 0.374 e. The zero-order valence-corrected chi connectivity index (χ0v) is 12.3. The van der Waals surface area contributed by atoms with Crippen molar-refractivity contribution in [2.24, 2.45) is 13.0 Å². The van der Waals surface area contributed by atoms with Gasteiger partial charge in [-0.25, -0.2) is 4.98 Å². The highest BCUT2D eigenvalue weighted by atomic mass is 16.5. The number of hydrogen-bond acceptors (Lipinski definition) is 3. The Kier molecular flexibility index (Phi) is 3.02. The summed E-state index contributed by atoms with van der Waals surface area (Å²) in [6.45, 7) is 6.43. The van der Waals surface area contributed by atoms with Gasteiger partial charge in [0.15, 0.2) is 0 Å². The number of nitrogens with zero attached hydrogens (tertiary/aromatic N) is 3. The number of para-hydroxylation sites is 1. The maximum atomic E-state index is 9.22. The van der Waals surface area contributed by atoms with Crippen LogP contribution < -0.4 is 0 Å². The second-order valence-electron chi connectivity index (χ2n) is 5.75. The fourth-order valence-electron chi connectivity index (χ4n) is 3.33. The highest BCUT2D eigenvalue weighted by molar-refractivity contribution is 5.82. The molecule has 4 unspecified atom stereocenters. The summed E-state index contributed by atoms with van der Waals surface area (Å²) in [6.07, 6.45) is 0.395. The predicted octanol–water partition coefficient (Wildman–Crippen LogP) is 2.97. The number of aromatic nitrogens is 2. The molecule has 0 amide bonds. The molecule has 1 fully saturated rings. The molecule has 0 radical (unpaired) electrons. The Balaban J connectivity index is 2.18. The lowest BCUT2D eigenvalue weighted by Crippen LogP contribution is -2.19. The van der Waals surface area contributed by atoms with E-state index in [2.05, 4.69) is 31.4 Å². The molecule has 1 aliphatic rings. The third-order valence-corrected chi connectivity index (χ3v) is 4.61. The summed E-state index contributed by atoms with van der Waals surface area (Å²) in [7, 11) is 2.02. The molecule has 20 heavy (non-hydrogen) atoms. The Labute approximate surface area is 119 Å². The van der Waals surface area contributed by atoms with Gasteiger partial charge in [-0.1, -0.05) is 13.0 Å². The minimum atomic E-state index is 0.154. The molecule has 104 valence electrons. The van der Waals surface area contributed by atoms with Gasteiger partial charge < -0.3 is 9.30 Å². The number of rotatable bonds is 1. The van der Waals surface area contributed by atoms with Crippen LogP contribution >= 0.6 is 0 Å². The van der Waals surface area contributed by atoms with Crippen LogP contribution in [0.25, 0.3) is 11.0 Å². The van der Waals surface area contributed by atoms with Crippen LogP contribution in [0.1, 0.15) is 38.1 Å². The highest BCUT2D eigenvalue weighted by Gasteiger charge is 2.40. The van der Waals surface area contributed by atoms with Crippen LogP contribution in [0.3, 0.4) is 0 Å². The van der Waals surface area contributed by atoms with Gasteiger partial charge in [-0.2, -0.15) is 5.26 Å². The SMILES string of the molecule is CC1OC(C)C(c2nc3c(C#N)cccc3n2C)C1C. The van der Waals surface area contributed by atoms with Crippen molar-refractivity contribution >= 4 is 11.0 Å². The second kappa shape index (κ2) is 4.60. The molecule has 1 aromatic carbocycles. The lowest BCUT2D eigenvalue weighted by Gasteiger charge is -2.18. The molecule has 1 saturated heterocycles. The molecule has 1 aliphatic heterocycles. The average Bonchev–Trinajstić information content (AvgIpc) is 2.88. The molecule has 0 spiro atoms. The van der Waals surface area contributed by atoms with E-state index < -0.39 is 0 Å². The fourth-order valence-corrected chi connectivity index (χ4v) is 3.33. The van der Waals surface area contributed by atoms with Gasteiger partial charge in [0.25, 0.3) is 0 Å². The van der Waals surface area contributed by atoms with Gasteiger partial charge in [0.2, 0.25) is 0 Å². The van der Waals surface area contributed by atoms with Crippen molar-refractivity contribution in [2.75, 3.05) is 0 Å². The van der Waals surface area contributed by atoms with E-state index in [1.807, 2.05) is 25.2 Å². The number of aryl methyl sites for hydroxylation is 1. The van der Waals surface area contributed by atoms with E-state index in [1.165, 1.54) is 0 Å². The maximum Gasteiger partial charge on any atom is 0.115 e. The summed E-state index contributed by atoms with van der Waals surface area (Å²) in [5.74, 6) is 1.71. The van der Waals surface area contributed by atoms with Crippen molar-refractivity contribution in [3.05, 3.63) is 29.6 Å².